The first-order chi connectivity index (χ1) is 14.7. The Kier molecular flexibility index (Phi) is 6.15. The van der Waals surface area contributed by atoms with Crippen molar-refractivity contribution in [2.24, 2.45) is 0 Å². The van der Waals surface area contributed by atoms with Gasteiger partial charge in [0.05, 0.1) is 17.9 Å². The number of anilines is 1. The van der Waals surface area contributed by atoms with Crippen molar-refractivity contribution in [1.82, 2.24) is 9.97 Å². The number of aromatic nitrogens is 2. The third-order valence-corrected chi connectivity index (χ3v) is 5.64. The summed E-state index contributed by atoms with van der Waals surface area (Å²) < 4.78 is 5.80. The molecule has 1 atom stereocenters. The molecular formula is C24H23ClN4O. The number of rotatable bonds is 7. The van der Waals surface area contributed by atoms with Gasteiger partial charge in [0.25, 0.3) is 0 Å². The van der Waals surface area contributed by atoms with Gasteiger partial charge in [0.15, 0.2) is 0 Å². The number of nitriles is 1. The van der Waals surface area contributed by atoms with Gasteiger partial charge in [-0.1, -0.05) is 42.5 Å². The largest absolute Gasteiger partial charge is 0.492 e. The van der Waals surface area contributed by atoms with Crippen molar-refractivity contribution in [3.05, 3.63) is 82.3 Å². The SMILES string of the molecule is CN(CCCOc1ccccc1C#N)c1nc(Cl)nc2c1CCC2c1ccccc1. The van der Waals surface area contributed by atoms with Gasteiger partial charge in [0, 0.05) is 25.1 Å². The molecule has 5 nitrogen and oxygen atoms in total. The van der Waals surface area contributed by atoms with Crippen LogP contribution in [-0.2, 0) is 6.42 Å². The third kappa shape index (κ3) is 4.24. The average molecular weight is 419 g/mol. The Morgan fingerprint density at radius 2 is 1.90 bits per heavy atom. The van der Waals surface area contributed by atoms with Crippen molar-refractivity contribution in [1.29, 1.82) is 5.26 Å². The Morgan fingerprint density at radius 1 is 1.13 bits per heavy atom. The zero-order valence-electron chi connectivity index (χ0n) is 16.9. The normalized spacial score (nSPS) is 14.8. The molecule has 3 aromatic rings. The molecule has 152 valence electrons. The second kappa shape index (κ2) is 9.15. The van der Waals surface area contributed by atoms with Crippen LogP contribution in [0.25, 0.3) is 0 Å². The molecule has 0 saturated heterocycles. The predicted octanol–water partition coefficient (Wildman–Crippen LogP) is 4.99. The highest BCUT2D eigenvalue weighted by Gasteiger charge is 2.30. The van der Waals surface area contributed by atoms with Crippen LogP contribution in [0, 0.1) is 11.3 Å². The fraction of sp³-hybridized carbons (Fsp3) is 0.292. The fourth-order valence-electron chi connectivity index (χ4n) is 4.02. The number of para-hydroxylation sites is 1. The minimum absolute atomic E-state index is 0.264. The van der Waals surface area contributed by atoms with Gasteiger partial charge in [0.1, 0.15) is 17.6 Å². The van der Waals surface area contributed by atoms with Gasteiger partial charge in [-0.3, -0.25) is 0 Å². The number of fused-ring (bicyclic) bond motifs is 1. The molecule has 1 heterocycles. The van der Waals surface area contributed by atoms with E-state index in [4.69, 9.17) is 21.6 Å². The van der Waals surface area contributed by atoms with Gasteiger partial charge in [0.2, 0.25) is 5.28 Å². The van der Waals surface area contributed by atoms with Crippen LogP contribution < -0.4 is 9.64 Å². The number of benzene rings is 2. The molecule has 0 saturated carbocycles. The van der Waals surface area contributed by atoms with Crippen LogP contribution in [0.4, 0.5) is 5.82 Å². The number of hydrogen-bond donors (Lipinski definition) is 0. The van der Waals surface area contributed by atoms with Gasteiger partial charge < -0.3 is 9.64 Å². The van der Waals surface area contributed by atoms with Gasteiger partial charge >= 0.3 is 0 Å². The summed E-state index contributed by atoms with van der Waals surface area (Å²) in [5.41, 5.74) is 4.05. The first kappa shape index (κ1) is 20.2. The smallest absolute Gasteiger partial charge is 0.224 e. The van der Waals surface area contributed by atoms with Crippen molar-refractivity contribution in [3.8, 4) is 11.8 Å². The molecule has 1 aromatic heterocycles. The summed E-state index contributed by atoms with van der Waals surface area (Å²) in [5, 5.41) is 9.46. The number of halogens is 1. The lowest BCUT2D eigenvalue weighted by atomic mass is 9.97. The first-order valence-electron chi connectivity index (χ1n) is 10.1. The van der Waals surface area contributed by atoms with Crippen molar-refractivity contribution in [3.63, 3.8) is 0 Å². The number of ether oxygens (including phenoxy) is 1. The molecule has 1 aliphatic carbocycles. The molecule has 0 fully saturated rings. The van der Waals surface area contributed by atoms with E-state index in [0.717, 1.165) is 37.3 Å². The summed E-state index contributed by atoms with van der Waals surface area (Å²) in [5.74, 6) is 1.79. The third-order valence-electron chi connectivity index (χ3n) is 5.47. The van der Waals surface area contributed by atoms with Crippen molar-refractivity contribution in [2.45, 2.75) is 25.2 Å². The Morgan fingerprint density at radius 3 is 2.70 bits per heavy atom. The summed E-state index contributed by atoms with van der Waals surface area (Å²) in [6.45, 7) is 1.29. The molecule has 0 radical (unpaired) electrons. The van der Waals surface area contributed by atoms with Crippen LogP contribution in [0.15, 0.2) is 54.6 Å². The molecule has 6 heteroatoms. The summed E-state index contributed by atoms with van der Waals surface area (Å²) >= 11 is 6.30. The van der Waals surface area contributed by atoms with Crippen molar-refractivity contribution in [2.75, 3.05) is 25.1 Å². The zero-order chi connectivity index (χ0) is 20.9. The fourth-order valence-corrected chi connectivity index (χ4v) is 4.19. The highest BCUT2D eigenvalue weighted by molar-refractivity contribution is 6.28. The van der Waals surface area contributed by atoms with Crippen LogP contribution in [0.1, 0.15) is 41.1 Å². The van der Waals surface area contributed by atoms with E-state index in [0.29, 0.717) is 17.9 Å². The highest BCUT2D eigenvalue weighted by atomic mass is 35.5. The Balaban J connectivity index is 1.44. The lowest BCUT2D eigenvalue weighted by Gasteiger charge is -2.21. The van der Waals surface area contributed by atoms with Crippen LogP contribution in [0.3, 0.4) is 0 Å². The molecular weight excluding hydrogens is 396 g/mol. The van der Waals surface area contributed by atoms with Crippen LogP contribution in [0.2, 0.25) is 5.28 Å². The summed E-state index contributed by atoms with van der Waals surface area (Å²) in [6.07, 6.45) is 2.76. The molecule has 0 aliphatic heterocycles. The quantitative estimate of drug-likeness (QED) is 0.399. The molecule has 4 rings (SSSR count). The average Bonchev–Trinajstić information content (AvgIpc) is 3.20. The minimum Gasteiger partial charge on any atom is -0.492 e. The first-order valence-corrected chi connectivity index (χ1v) is 10.5. The van der Waals surface area contributed by atoms with E-state index < -0.39 is 0 Å². The monoisotopic (exact) mass is 418 g/mol. The number of nitrogens with zero attached hydrogens (tertiary/aromatic N) is 4. The van der Waals surface area contributed by atoms with E-state index in [1.54, 1.807) is 6.07 Å². The Bertz CT molecular complexity index is 1060. The van der Waals surface area contributed by atoms with E-state index in [1.165, 1.54) is 11.1 Å². The van der Waals surface area contributed by atoms with Gasteiger partial charge in [-0.25, -0.2) is 9.97 Å². The van der Waals surface area contributed by atoms with Gasteiger partial charge in [-0.2, -0.15) is 5.26 Å². The summed E-state index contributed by atoms with van der Waals surface area (Å²) in [7, 11) is 2.03. The second-order valence-corrected chi connectivity index (χ2v) is 7.75. The zero-order valence-corrected chi connectivity index (χ0v) is 17.6. The lowest BCUT2D eigenvalue weighted by molar-refractivity contribution is 0.311. The van der Waals surface area contributed by atoms with Crippen molar-refractivity contribution < 1.29 is 4.74 Å². The van der Waals surface area contributed by atoms with E-state index in [2.05, 4.69) is 45.2 Å². The molecule has 0 spiro atoms. The standard InChI is InChI=1S/C24H23ClN4O/c1-29(14-7-15-30-21-11-6-5-10-18(21)16-26)23-20-13-12-19(17-8-3-2-4-9-17)22(20)27-24(25)28-23/h2-6,8-11,19H,7,12-15H2,1H3. The topological polar surface area (TPSA) is 62.0 Å². The molecule has 0 amide bonds. The maximum Gasteiger partial charge on any atom is 0.224 e. The summed E-state index contributed by atoms with van der Waals surface area (Å²) in [4.78, 5) is 11.2. The molecule has 1 unspecified atom stereocenters. The predicted molar refractivity (Wildman–Crippen MR) is 118 cm³/mol. The van der Waals surface area contributed by atoms with E-state index in [1.807, 2.05) is 31.3 Å². The summed E-state index contributed by atoms with van der Waals surface area (Å²) in [6, 6.07) is 19.9. The van der Waals surface area contributed by atoms with Crippen LogP contribution in [-0.4, -0.2) is 30.2 Å². The molecule has 30 heavy (non-hydrogen) atoms. The van der Waals surface area contributed by atoms with Gasteiger partial charge in [-0.15, -0.1) is 0 Å². The Labute approximate surface area is 181 Å². The number of hydrogen-bond acceptors (Lipinski definition) is 5. The van der Waals surface area contributed by atoms with Gasteiger partial charge in [-0.05, 0) is 48.6 Å². The second-order valence-electron chi connectivity index (χ2n) is 7.41. The maximum atomic E-state index is 9.17. The van der Waals surface area contributed by atoms with Crippen LogP contribution >= 0.6 is 11.6 Å². The molecule has 1 aliphatic rings. The van der Waals surface area contributed by atoms with E-state index in [9.17, 15) is 0 Å². The van der Waals surface area contributed by atoms with E-state index >= 15 is 0 Å². The van der Waals surface area contributed by atoms with Crippen molar-refractivity contribution >= 4 is 17.4 Å². The van der Waals surface area contributed by atoms with E-state index in [-0.39, 0.29) is 11.2 Å². The Hall–Kier alpha value is -3.10. The molecule has 0 bridgehead atoms. The maximum absolute atomic E-state index is 9.17. The minimum atomic E-state index is 0.264. The molecule has 0 N–H and O–H groups in total. The molecule has 2 aromatic carbocycles. The lowest BCUT2D eigenvalue weighted by Crippen LogP contribution is -2.23. The van der Waals surface area contributed by atoms with Crippen LogP contribution in [0.5, 0.6) is 5.75 Å². The highest BCUT2D eigenvalue weighted by Crippen LogP contribution is 2.40.